The van der Waals surface area contributed by atoms with Gasteiger partial charge in [0.05, 0.1) is 13.5 Å². The quantitative estimate of drug-likeness (QED) is 0.561. The Balaban J connectivity index is 1.63. The monoisotopic (exact) mass is 393 g/mol. The van der Waals surface area contributed by atoms with E-state index in [1.807, 2.05) is 48.5 Å². The van der Waals surface area contributed by atoms with Crippen LogP contribution in [0.15, 0.2) is 72.8 Å². The summed E-state index contributed by atoms with van der Waals surface area (Å²) < 4.78 is 25.1. The average Bonchev–Trinajstić information content (AvgIpc) is 2.75. The van der Waals surface area contributed by atoms with Gasteiger partial charge in [0.1, 0.15) is 12.4 Å². The van der Waals surface area contributed by atoms with Crippen molar-refractivity contribution in [3.63, 3.8) is 0 Å². The molecule has 3 aromatic carbocycles. The molecule has 5 heteroatoms. The summed E-state index contributed by atoms with van der Waals surface area (Å²) in [5.41, 5.74) is 2.36. The number of likely N-dealkylation sites (N-methyl/N-ethyl adjacent to an activating group) is 1. The normalized spacial score (nSPS) is 10.4. The molecule has 0 N–H and O–H groups in total. The molecule has 0 atom stereocenters. The Labute approximate surface area is 170 Å². The molecule has 0 unspecified atom stereocenters. The largest absolute Gasteiger partial charge is 0.493 e. The Bertz CT molecular complexity index is 959. The fraction of sp³-hybridized carbons (Fsp3) is 0.208. The van der Waals surface area contributed by atoms with E-state index in [2.05, 4.69) is 0 Å². The smallest absolute Gasteiger partial charge is 0.227 e. The minimum atomic E-state index is -0.365. The topological polar surface area (TPSA) is 38.8 Å². The maximum absolute atomic E-state index is 13.8. The van der Waals surface area contributed by atoms with Gasteiger partial charge in [-0.2, -0.15) is 0 Å². The van der Waals surface area contributed by atoms with Gasteiger partial charge in [0, 0.05) is 13.6 Å². The van der Waals surface area contributed by atoms with Gasteiger partial charge in [0.2, 0.25) is 5.91 Å². The maximum atomic E-state index is 13.8. The lowest BCUT2D eigenvalue weighted by Crippen LogP contribution is -2.28. The fourth-order valence-corrected chi connectivity index (χ4v) is 2.97. The first-order valence-corrected chi connectivity index (χ1v) is 9.38. The lowest BCUT2D eigenvalue weighted by molar-refractivity contribution is -0.129. The number of benzene rings is 3. The second kappa shape index (κ2) is 9.73. The molecule has 0 bridgehead atoms. The lowest BCUT2D eigenvalue weighted by Gasteiger charge is -2.19. The van der Waals surface area contributed by atoms with E-state index in [-0.39, 0.29) is 18.1 Å². The molecule has 0 radical (unpaired) electrons. The van der Waals surface area contributed by atoms with E-state index in [4.69, 9.17) is 9.47 Å². The molecule has 29 heavy (non-hydrogen) atoms. The Hall–Kier alpha value is -3.34. The molecule has 0 aliphatic carbocycles. The van der Waals surface area contributed by atoms with Gasteiger partial charge >= 0.3 is 0 Å². The lowest BCUT2D eigenvalue weighted by atomic mass is 10.1. The minimum absolute atomic E-state index is 0.0264. The summed E-state index contributed by atoms with van der Waals surface area (Å²) in [5, 5.41) is 0. The van der Waals surface area contributed by atoms with Crippen LogP contribution in [0.5, 0.6) is 11.5 Å². The van der Waals surface area contributed by atoms with Crippen molar-refractivity contribution < 1.29 is 18.7 Å². The van der Waals surface area contributed by atoms with Crippen molar-refractivity contribution in [1.82, 2.24) is 4.90 Å². The van der Waals surface area contributed by atoms with Crippen molar-refractivity contribution in [3.8, 4) is 11.5 Å². The highest BCUT2D eigenvalue weighted by Gasteiger charge is 2.14. The highest BCUT2D eigenvalue weighted by atomic mass is 19.1. The Morgan fingerprint density at radius 3 is 2.38 bits per heavy atom. The van der Waals surface area contributed by atoms with E-state index in [1.54, 1.807) is 37.3 Å². The minimum Gasteiger partial charge on any atom is -0.493 e. The van der Waals surface area contributed by atoms with Gasteiger partial charge in [-0.3, -0.25) is 4.79 Å². The first-order valence-electron chi connectivity index (χ1n) is 9.38. The summed E-state index contributed by atoms with van der Waals surface area (Å²) in [5.74, 6) is 0.725. The van der Waals surface area contributed by atoms with Gasteiger partial charge in [-0.25, -0.2) is 4.39 Å². The summed E-state index contributed by atoms with van der Waals surface area (Å²) in [6, 6.07) is 21.8. The van der Waals surface area contributed by atoms with Crippen LogP contribution in [-0.2, 0) is 24.4 Å². The van der Waals surface area contributed by atoms with Crippen molar-refractivity contribution in [2.45, 2.75) is 19.6 Å². The third-order valence-corrected chi connectivity index (χ3v) is 4.61. The van der Waals surface area contributed by atoms with Gasteiger partial charge in [-0.1, -0.05) is 54.6 Å². The van der Waals surface area contributed by atoms with Gasteiger partial charge in [0.25, 0.3) is 0 Å². The third kappa shape index (κ3) is 5.57. The number of methoxy groups -OCH3 is 1. The van der Waals surface area contributed by atoms with E-state index in [9.17, 15) is 9.18 Å². The van der Waals surface area contributed by atoms with Gasteiger partial charge in [-0.05, 0) is 34.9 Å². The molecule has 150 valence electrons. The van der Waals surface area contributed by atoms with E-state index in [1.165, 1.54) is 6.07 Å². The van der Waals surface area contributed by atoms with Crippen LogP contribution in [-0.4, -0.2) is 25.0 Å². The van der Waals surface area contributed by atoms with Gasteiger partial charge < -0.3 is 14.4 Å². The van der Waals surface area contributed by atoms with Gasteiger partial charge in [-0.15, -0.1) is 0 Å². The summed E-state index contributed by atoms with van der Waals surface area (Å²) in [6.45, 7) is 0.834. The number of hydrogen-bond donors (Lipinski definition) is 0. The predicted molar refractivity (Wildman–Crippen MR) is 110 cm³/mol. The molecule has 0 saturated heterocycles. The van der Waals surface area contributed by atoms with Crippen molar-refractivity contribution in [1.29, 1.82) is 0 Å². The molecular formula is C24H24FNO3. The zero-order valence-electron chi connectivity index (χ0n) is 16.6. The van der Waals surface area contributed by atoms with Crippen LogP contribution >= 0.6 is 0 Å². The summed E-state index contributed by atoms with van der Waals surface area (Å²) in [6.07, 6.45) is 0.0264. The highest BCUT2D eigenvalue weighted by molar-refractivity contribution is 5.78. The first-order chi connectivity index (χ1) is 14.1. The molecule has 0 saturated carbocycles. The van der Waals surface area contributed by atoms with E-state index < -0.39 is 0 Å². The number of nitrogens with zero attached hydrogens (tertiary/aromatic N) is 1. The number of halogens is 1. The Morgan fingerprint density at radius 2 is 1.66 bits per heavy atom. The van der Waals surface area contributed by atoms with Crippen LogP contribution in [0, 0.1) is 5.82 Å². The Morgan fingerprint density at radius 1 is 0.931 bits per heavy atom. The summed E-state index contributed by atoms with van der Waals surface area (Å²) in [4.78, 5) is 14.0. The number of hydrogen-bond acceptors (Lipinski definition) is 3. The van der Waals surface area contributed by atoms with Crippen LogP contribution < -0.4 is 9.47 Å². The number of amides is 1. The molecule has 0 aliphatic rings. The van der Waals surface area contributed by atoms with E-state index in [0.29, 0.717) is 30.2 Å². The fourth-order valence-electron chi connectivity index (χ4n) is 2.97. The van der Waals surface area contributed by atoms with Crippen LogP contribution in [0.1, 0.15) is 16.7 Å². The highest BCUT2D eigenvalue weighted by Crippen LogP contribution is 2.29. The number of ether oxygens (including phenoxy) is 2. The van der Waals surface area contributed by atoms with E-state index >= 15 is 0 Å². The number of carbonyl (C=O) groups excluding carboxylic acids is 1. The first kappa shape index (κ1) is 20.4. The molecule has 0 aliphatic heterocycles. The zero-order valence-corrected chi connectivity index (χ0v) is 16.6. The SMILES string of the molecule is COc1cc(CN(C)C(=O)Cc2ccccc2F)ccc1OCc1ccccc1. The molecule has 0 aromatic heterocycles. The van der Waals surface area contributed by atoms with Crippen molar-refractivity contribution in [2.75, 3.05) is 14.2 Å². The molecular weight excluding hydrogens is 369 g/mol. The zero-order chi connectivity index (χ0) is 20.6. The summed E-state index contributed by atoms with van der Waals surface area (Å²) in [7, 11) is 3.29. The summed E-state index contributed by atoms with van der Waals surface area (Å²) >= 11 is 0. The molecule has 0 fully saturated rings. The number of rotatable bonds is 8. The molecule has 3 aromatic rings. The van der Waals surface area contributed by atoms with Gasteiger partial charge in [0.15, 0.2) is 11.5 Å². The van der Waals surface area contributed by atoms with Crippen LogP contribution in [0.25, 0.3) is 0 Å². The van der Waals surface area contributed by atoms with Crippen LogP contribution in [0.2, 0.25) is 0 Å². The molecule has 0 heterocycles. The molecule has 3 rings (SSSR count). The Kier molecular flexibility index (Phi) is 6.85. The van der Waals surface area contributed by atoms with Crippen molar-refractivity contribution >= 4 is 5.91 Å². The second-order valence-electron chi connectivity index (χ2n) is 6.78. The molecule has 1 amide bonds. The van der Waals surface area contributed by atoms with Crippen molar-refractivity contribution in [2.24, 2.45) is 0 Å². The van der Waals surface area contributed by atoms with Crippen molar-refractivity contribution in [3.05, 3.63) is 95.3 Å². The standard InChI is InChI=1S/C24H24FNO3/c1-26(24(27)15-20-10-6-7-11-21(20)25)16-19-12-13-22(23(14-19)28-2)29-17-18-8-4-3-5-9-18/h3-14H,15-17H2,1-2H3. The average molecular weight is 393 g/mol. The maximum Gasteiger partial charge on any atom is 0.227 e. The van der Waals surface area contributed by atoms with Crippen LogP contribution in [0.4, 0.5) is 4.39 Å². The molecule has 0 spiro atoms. The predicted octanol–water partition coefficient (Wildman–Crippen LogP) is 4.61. The second-order valence-corrected chi connectivity index (χ2v) is 6.78. The van der Waals surface area contributed by atoms with Crippen LogP contribution in [0.3, 0.4) is 0 Å². The molecule has 4 nitrogen and oxygen atoms in total. The van der Waals surface area contributed by atoms with E-state index in [0.717, 1.165) is 11.1 Å². The third-order valence-electron chi connectivity index (χ3n) is 4.61. The number of carbonyl (C=O) groups is 1.